The maximum atomic E-state index is 13.0. The Hall–Kier alpha value is -3.36. The summed E-state index contributed by atoms with van der Waals surface area (Å²) in [5.74, 6) is -1.22. The molecule has 0 radical (unpaired) electrons. The topological polar surface area (TPSA) is 73.2 Å². The number of fused-ring (bicyclic) bond motifs is 1. The highest BCUT2D eigenvalue weighted by Gasteiger charge is 2.31. The molecule has 9 heteroatoms. The molecule has 0 saturated heterocycles. The van der Waals surface area contributed by atoms with E-state index in [4.69, 9.17) is 4.74 Å². The highest BCUT2D eigenvalue weighted by Crippen LogP contribution is 2.32. The second-order valence-corrected chi connectivity index (χ2v) is 6.66. The van der Waals surface area contributed by atoms with Gasteiger partial charge < -0.3 is 14.6 Å². The molecule has 0 spiro atoms. The van der Waals surface area contributed by atoms with Crippen LogP contribution in [0.1, 0.15) is 28.7 Å². The highest BCUT2D eigenvalue weighted by atomic mass is 19.4. The van der Waals surface area contributed by atoms with Gasteiger partial charge in [-0.05, 0) is 43.3 Å². The van der Waals surface area contributed by atoms with Crippen molar-refractivity contribution >= 4 is 22.8 Å². The number of carbonyl (C=O) groups is 2. The summed E-state index contributed by atoms with van der Waals surface area (Å²) in [5.41, 5.74) is 0.375. The number of hydrogen-bond donors (Lipinski definition) is 1. The SMILES string of the molecule is CCOC(=O)C(Cc1ccccn1)NC(=O)c1cc2cc(C(F)(F)F)ccc2n1C. The number of benzene rings is 1. The van der Waals surface area contributed by atoms with Crippen LogP contribution < -0.4 is 5.32 Å². The molecule has 0 aliphatic heterocycles. The molecule has 1 aromatic carbocycles. The van der Waals surface area contributed by atoms with E-state index in [9.17, 15) is 22.8 Å². The van der Waals surface area contributed by atoms with E-state index in [0.717, 1.165) is 12.1 Å². The van der Waals surface area contributed by atoms with E-state index in [1.54, 1.807) is 38.4 Å². The number of nitrogens with one attached hydrogen (secondary N) is 1. The molecule has 1 atom stereocenters. The monoisotopic (exact) mass is 419 g/mol. The standard InChI is InChI=1S/C21H20F3N3O3/c1-3-30-20(29)16(12-15-6-4-5-9-25-15)26-19(28)18-11-13-10-14(21(22,23)24)7-8-17(13)27(18)2/h4-11,16H,3,12H2,1-2H3,(H,26,28). The largest absolute Gasteiger partial charge is 0.464 e. The Balaban J connectivity index is 1.88. The van der Waals surface area contributed by atoms with Crippen LogP contribution in [0.3, 0.4) is 0 Å². The van der Waals surface area contributed by atoms with Crippen molar-refractivity contribution in [1.82, 2.24) is 14.9 Å². The first-order valence-corrected chi connectivity index (χ1v) is 9.24. The summed E-state index contributed by atoms with van der Waals surface area (Å²) in [4.78, 5) is 29.3. The van der Waals surface area contributed by atoms with Gasteiger partial charge in [0.05, 0.1) is 12.2 Å². The maximum Gasteiger partial charge on any atom is 0.416 e. The van der Waals surface area contributed by atoms with Gasteiger partial charge in [-0.2, -0.15) is 13.2 Å². The molecule has 0 aliphatic rings. The van der Waals surface area contributed by atoms with E-state index in [-0.39, 0.29) is 24.1 Å². The van der Waals surface area contributed by atoms with E-state index in [2.05, 4.69) is 10.3 Å². The van der Waals surface area contributed by atoms with Crippen LogP contribution in [-0.2, 0) is 29.2 Å². The van der Waals surface area contributed by atoms with Crippen LogP contribution in [0.2, 0.25) is 0 Å². The van der Waals surface area contributed by atoms with Crippen molar-refractivity contribution in [2.45, 2.75) is 25.6 Å². The minimum atomic E-state index is -4.48. The lowest BCUT2D eigenvalue weighted by atomic mass is 10.1. The molecule has 1 unspecified atom stereocenters. The maximum absolute atomic E-state index is 13.0. The molecule has 3 rings (SSSR count). The van der Waals surface area contributed by atoms with Crippen LogP contribution in [0.4, 0.5) is 13.2 Å². The van der Waals surface area contributed by atoms with E-state index < -0.39 is 29.7 Å². The lowest BCUT2D eigenvalue weighted by molar-refractivity contribution is -0.145. The van der Waals surface area contributed by atoms with Crippen molar-refractivity contribution in [2.75, 3.05) is 6.61 Å². The summed E-state index contributed by atoms with van der Waals surface area (Å²) in [6.07, 6.45) is -2.79. The minimum absolute atomic E-state index is 0.119. The molecule has 158 valence electrons. The molecule has 0 saturated carbocycles. The van der Waals surface area contributed by atoms with E-state index in [1.165, 1.54) is 16.7 Å². The number of pyridine rings is 1. The molecule has 0 bridgehead atoms. The average Bonchev–Trinajstić information content (AvgIpc) is 3.04. The lowest BCUT2D eigenvalue weighted by Gasteiger charge is -2.17. The van der Waals surface area contributed by atoms with E-state index in [0.29, 0.717) is 11.2 Å². The number of halogens is 3. The Kier molecular flexibility index (Phi) is 6.09. The summed E-state index contributed by atoms with van der Waals surface area (Å²) < 4.78 is 45.5. The molecule has 0 fully saturated rings. The van der Waals surface area contributed by atoms with Crippen LogP contribution in [0, 0.1) is 0 Å². The molecule has 1 amide bonds. The molecule has 6 nitrogen and oxygen atoms in total. The number of amides is 1. The van der Waals surface area contributed by atoms with Crippen molar-refractivity contribution in [2.24, 2.45) is 7.05 Å². The lowest BCUT2D eigenvalue weighted by Crippen LogP contribution is -2.44. The number of rotatable bonds is 6. The summed E-state index contributed by atoms with van der Waals surface area (Å²) >= 11 is 0. The number of ether oxygens (including phenoxy) is 1. The van der Waals surface area contributed by atoms with Gasteiger partial charge >= 0.3 is 12.1 Å². The third kappa shape index (κ3) is 4.61. The normalized spacial score (nSPS) is 12.6. The van der Waals surface area contributed by atoms with Crippen molar-refractivity contribution < 1.29 is 27.5 Å². The molecular weight excluding hydrogens is 399 g/mol. The van der Waals surface area contributed by atoms with Crippen LogP contribution in [-0.4, -0.2) is 34.1 Å². The zero-order valence-corrected chi connectivity index (χ0v) is 16.4. The number of esters is 1. The first-order chi connectivity index (χ1) is 14.2. The summed E-state index contributed by atoms with van der Waals surface area (Å²) in [6.45, 7) is 1.79. The van der Waals surface area contributed by atoms with Gasteiger partial charge in [0, 0.05) is 36.3 Å². The van der Waals surface area contributed by atoms with Gasteiger partial charge in [0.2, 0.25) is 0 Å². The van der Waals surface area contributed by atoms with Gasteiger partial charge in [0.15, 0.2) is 0 Å². The fourth-order valence-electron chi connectivity index (χ4n) is 3.14. The number of aromatic nitrogens is 2. The van der Waals surface area contributed by atoms with E-state index >= 15 is 0 Å². The predicted octanol–water partition coefficient (Wildman–Crippen LogP) is 3.50. The Morgan fingerprint density at radius 1 is 1.20 bits per heavy atom. The first-order valence-electron chi connectivity index (χ1n) is 9.24. The number of hydrogen-bond acceptors (Lipinski definition) is 4. The van der Waals surface area contributed by atoms with Crippen LogP contribution in [0.15, 0.2) is 48.7 Å². The predicted molar refractivity (Wildman–Crippen MR) is 104 cm³/mol. The van der Waals surface area contributed by atoms with Crippen LogP contribution in [0.25, 0.3) is 10.9 Å². The zero-order chi connectivity index (χ0) is 21.9. The molecule has 0 aliphatic carbocycles. The number of alkyl halides is 3. The first kappa shape index (κ1) is 21.4. The molecule has 30 heavy (non-hydrogen) atoms. The van der Waals surface area contributed by atoms with Gasteiger partial charge in [-0.15, -0.1) is 0 Å². The van der Waals surface area contributed by atoms with Crippen LogP contribution >= 0.6 is 0 Å². The Morgan fingerprint density at radius 3 is 2.60 bits per heavy atom. The number of aryl methyl sites for hydroxylation is 1. The fraction of sp³-hybridized carbons (Fsp3) is 0.286. The van der Waals surface area contributed by atoms with Crippen molar-refractivity contribution in [3.05, 3.63) is 65.6 Å². The van der Waals surface area contributed by atoms with Gasteiger partial charge in [-0.1, -0.05) is 6.07 Å². The van der Waals surface area contributed by atoms with Gasteiger partial charge in [-0.25, -0.2) is 4.79 Å². The number of nitrogens with zero attached hydrogens (tertiary/aromatic N) is 2. The smallest absolute Gasteiger partial charge is 0.416 e. The summed E-state index contributed by atoms with van der Waals surface area (Å²) in [5, 5.41) is 2.89. The van der Waals surface area contributed by atoms with Gasteiger partial charge in [0.25, 0.3) is 5.91 Å². The third-order valence-electron chi connectivity index (χ3n) is 4.62. The second kappa shape index (κ2) is 8.56. The summed E-state index contributed by atoms with van der Waals surface area (Å²) in [7, 11) is 1.57. The molecule has 1 N–H and O–H groups in total. The van der Waals surface area contributed by atoms with Gasteiger partial charge in [-0.3, -0.25) is 9.78 Å². The molecule has 3 aromatic rings. The molecule has 2 heterocycles. The van der Waals surface area contributed by atoms with Crippen molar-refractivity contribution in [3.8, 4) is 0 Å². The van der Waals surface area contributed by atoms with Crippen molar-refractivity contribution in [1.29, 1.82) is 0 Å². The minimum Gasteiger partial charge on any atom is -0.464 e. The Morgan fingerprint density at radius 2 is 1.97 bits per heavy atom. The second-order valence-electron chi connectivity index (χ2n) is 6.66. The third-order valence-corrected chi connectivity index (χ3v) is 4.62. The molecular formula is C21H20F3N3O3. The highest BCUT2D eigenvalue weighted by molar-refractivity contribution is 6.00. The average molecular weight is 419 g/mol. The van der Waals surface area contributed by atoms with E-state index in [1.807, 2.05) is 0 Å². The molecule has 2 aromatic heterocycles. The number of carbonyl (C=O) groups excluding carboxylic acids is 2. The van der Waals surface area contributed by atoms with Crippen LogP contribution in [0.5, 0.6) is 0 Å². The van der Waals surface area contributed by atoms with Crippen molar-refractivity contribution in [3.63, 3.8) is 0 Å². The Labute approximate surface area is 170 Å². The van der Waals surface area contributed by atoms with Gasteiger partial charge in [0.1, 0.15) is 11.7 Å². The fourth-order valence-corrected chi connectivity index (χ4v) is 3.14. The zero-order valence-electron chi connectivity index (χ0n) is 16.4. The Bertz CT molecular complexity index is 1060. The summed E-state index contributed by atoms with van der Waals surface area (Å²) in [6, 6.07) is 8.84. The quantitative estimate of drug-likeness (QED) is 0.621.